The van der Waals surface area contributed by atoms with Gasteiger partial charge in [-0.1, -0.05) is 35.9 Å². The SMILES string of the molecule is CC(=O)n1c2c(c3cc(C(=O)CC4CCN(Cc5cccnc5)CC4)ccc31)CN(Cc1ccc(C)cc1)CC2. The van der Waals surface area contributed by atoms with E-state index in [4.69, 9.17) is 0 Å². The van der Waals surface area contributed by atoms with Crippen LogP contribution in [0.25, 0.3) is 10.9 Å². The molecule has 206 valence electrons. The van der Waals surface area contributed by atoms with Gasteiger partial charge in [0.1, 0.15) is 0 Å². The average Bonchev–Trinajstić information content (AvgIpc) is 3.29. The number of likely N-dealkylation sites (tertiary alicyclic amines) is 1. The van der Waals surface area contributed by atoms with Crippen LogP contribution in [-0.2, 0) is 26.1 Å². The van der Waals surface area contributed by atoms with Gasteiger partial charge in [0.2, 0.25) is 5.91 Å². The third-order valence-electron chi connectivity index (χ3n) is 8.70. The first-order valence-electron chi connectivity index (χ1n) is 14.5. The highest BCUT2D eigenvalue weighted by atomic mass is 16.1. The Bertz CT molecular complexity index is 1520. The summed E-state index contributed by atoms with van der Waals surface area (Å²) in [7, 11) is 0. The first-order valence-corrected chi connectivity index (χ1v) is 14.5. The molecular weight excluding hydrogens is 496 g/mol. The second-order valence-corrected chi connectivity index (χ2v) is 11.7. The number of nitrogens with zero attached hydrogens (tertiary/aromatic N) is 4. The van der Waals surface area contributed by atoms with Gasteiger partial charge in [-0.05, 0) is 79.7 Å². The minimum atomic E-state index is 0.0374. The Hall–Kier alpha value is -3.61. The molecule has 1 saturated heterocycles. The summed E-state index contributed by atoms with van der Waals surface area (Å²) >= 11 is 0. The van der Waals surface area contributed by atoms with E-state index in [1.807, 2.05) is 35.2 Å². The number of pyridine rings is 1. The maximum atomic E-state index is 13.5. The number of ketones is 1. The highest BCUT2D eigenvalue weighted by Gasteiger charge is 2.27. The van der Waals surface area contributed by atoms with Crippen LogP contribution in [0.15, 0.2) is 67.0 Å². The molecule has 0 amide bonds. The molecule has 0 bridgehead atoms. The monoisotopic (exact) mass is 534 g/mol. The fourth-order valence-corrected chi connectivity index (χ4v) is 6.51. The summed E-state index contributed by atoms with van der Waals surface area (Å²) in [5.41, 5.74) is 7.80. The van der Waals surface area contributed by atoms with Gasteiger partial charge in [0.15, 0.2) is 5.78 Å². The minimum absolute atomic E-state index is 0.0374. The summed E-state index contributed by atoms with van der Waals surface area (Å²) in [6.45, 7) is 9.27. The van der Waals surface area contributed by atoms with Gasteiger partial charge in [-0.3, -0.25) is 28.9 Å². The van der Waals surface area contributed by atoms with E-state index in [-0.39, 0.29) is 11.7 Å². The molecule has 2 aromatic carbocycles. The fraction of sp³-hybridized carbons (Fsp3) is 0.382. The van der Waals surface area contributed by atoms with E-state index in [0.29, 0.717) is 12.3 Å². The number of aromatic nitrogens is 2. The van der Waals surface area contributed by atoms with Crippen molar-refractivity contribution in [2.75, 3.05) is 19.6 Å². The molecule has 6 heteroatoms. The molecule has 2 aliphatic rings. The van der Waals surface area contributed by atoms with Gasteiger partial charge in [-0.15, -0.1) is 0 Å². The Morgan fingerprint density at radius 3 is 2.42 bits per heavy atom. The number of benzene rings is 2. The molecule has 2 aliphatic heterocycles. The molecule has 6 rings (SSSR count). The third-order valence-corrected chi connectivity index (χ3v) is 8.70. The van der Waals surface area contributed by atoms with E-state index in [0.717, 1.165) is 80.7 Å². The van der Waals surface area contributed by atoms with Gasteiger partial charge < -0.3 is 0 Å². The van der Waals surface area contributed by atoms with Crippen molar-refractivity contribution in [1.82, 2.24) is 19.4 Å². The van der Waals surface area contributed by atoms with Crippen molar-refractivity contribution >= 4 is 22.6 Å². The predicted octanol–water partition coefficient (Wildman–Crippen LogP) is 6.05. The van der Waals surface area contributed by atoms with Crippen molar-refractivity contribution in [3.8, 4) is 0 Å². The van der Waals surface area contributed by atoms with Crippen LogP contribution >= 0.6 is 0 Å². The molecular formula is C34H38N4O2. The number of Topliss-reactive ketones (excluding diaryl/α,β-unsaturated/α-hetero) is 1. The van der Waals surface area contributed by atoms with Crippen LogP contribution in [0.5, 0.6) is 0 Å². The highest BCUT2D eigenvalue weighted by molar-refractivity contribution is 6.02. The van der Waals surface area contributed by atoms with E-state index in [1.165, 1.54) is 22.3 Å². The number of piperidine rings is 1. The molecule has 0 N–H and O–H groups in total. The van der Waals surface area contributed by atoms with Crippen LogP contribution < -0.4 is 0 Å². The minimum Gasteiger partial charge on any atom is -0.299 e. The Labute approximate surface area is 236 Å². The zero-order chi connectivity index (χ0) is 27.6. The summed E-state index contributed by atoms with van der Waals surface area (Å²) < 4.78 is 1.88. The summed E-state index contributed by atoms with van der Waals surface area (Å²) in [5, 5.41) is 1.05. The first-order chi connectivity index (χ1) is 19.4. The van der Waals surface area contributed by atoms with Crippen LogP contribution in [-0.4, -0.2) is 50.7 Å². The van der Waals surface area contributed by atoms with Crippen molar-refractivity contribution in [2.24, 2.45) is 5.92 Å². The number of fused-ring (bicyclic) bond motifs is 3. The lowest BCUT2D eigenvalue weighted by molar-refractivity contribution is 0.0921. The van der Waals surface area contributed by atoms with Gasteiger partial charge in [0.25, 0.3) is 0 Å². The molecule has 40 heavy (non-hydrogen) atoms. The maximum absolute atomic E-state index is 13.5. The van der Waals surface area contributed by atoms with Crippen molar-refractivity contribution < 1.29 is 9.59 Å². The lowest BCUT2D eigenvalue weighted by Gasteiger charge is -2.31. The van der Waals surface area contributed by atoms with Crippen molar-refractivity contribution in [2.45, 2.75) is 59.2 Å². The lowest BCUT2D eigenvalue weighted by atomic mass is 9.89. The molecule has 0 atom stereocenters. The van der Waals surface area contributed by atoms with Crippen LogP contribution in [0, 0.1) is 12.8 Å². The molecule has 4 heterocycles. The zero-order valence-corrected chi connectivity index (χ0v) is 23.6. The average molecular weight is 535 g/mol. The highest BCUT2D eigenvalue weighted by Crippen LogP contribution is 2.33. The zero-order valence-electron chi connectivity index (χ0n) is 23.6. The number of carbonyl (C=O) groups excluding carboxylic acids is 2. The van der Waals surface area contributed by atoms with Crippen LogP contribution in [0.1, 0.15) is 69.3 Å². The Morgan fingerprint density at radius 1 is 0.925 bits per heavy atom. The number of hydrogen-bond acceptors (Lipinski definition) is 5. The summed E-state index contributed by atoms with van der Waals surface area (Å²) in [6.07, 6.45) is 7.24. The third kappa shape index (κ3) is 5.65. The number of rotatable bonds is 7. The van der Waals surface area contributed by atoms with E-state index < -0.39 is 0 Å². The maximum Gasteiger partial charge on any atom is 0.228 e. The Morgan fingerprint density at radius 2 is 1.70 bits per heavy atom. The van der Waals surface area contributed by atoms with E-state index in [1.54, 1.807) is 6.92 Å². The molecule has 2 aromatic heterocycles. The van der Waals surface area contributed by atoms with Gasteiger partial charge in [-0.25, -0.2) is 0 Å². The molecule has 0 unspecified atom stereocenters. The van der Waals surface area contributed by atoms with Crippen molar-refractivity contribution in [3.63, 3.8) is 0 Å². The molecule has 0 spiro atoms. The fourth-order valence-electron chi connectivity index (χ4n) is 6.51. The second-order valence-electron chi connectivity index (χ2n) is 11.7. The van der Waals surface area contributed by atoms with Gasteiger partial charge in [0, 0.05) is 75.0 Å². The first kappa shape index (κ1) is 26.6. The van der Waals surface area contributed by atoms with Crippen molar-refractivity contribution in [1.29, 1.82) is 0 Å². The Kier molecular flexibility index (Phi) is 7.63. The van der Waals surface area contributed by atoms with Crippen LogP contribution in [0.3, 0.4) is 0 Å². The van der Waals surface area contributed by atoms with Crippen LogP contribution in [0.4, 0.5) is 0 Å². The lowest BCUT2D eigenvalue weighted by Crippen LogP contribution is -2.33. The molecule has 0 aliphatic carbocycles. The molecule has 0 radical (unpaired) electrons. The molecule has 4 aromatic rings. The molecule has 1 fully saturated rings. The molecule has 0 saturated carbocycles. The largest absolute Gasteiger partial charge is 0.299 e. The second kappa shape index (κ2) is 11.5. The summed E-state index contributed by atoms with van der Waals surface area (Å²) in [6, 6.07) is 18.8. The van der Waals surface area contributed by atoms with Crippen molar-refractivity contribution in [3.05, 3.63) is 101 Å². The standard InChI is InChI=1S/C34H38N4O2/c1-24-5-7-27(8-6-24)21-37-17-13-33-31(23-37)30-19-29(9-10-32(30)38(33)25(2)39)34(40)18-26-11-15-36(16-12-26)22-28-4-3-14-35-20-28/h3-10,14,19-20,26H,11-13,15-18,21-23H2,1-2H3. The predicted molar refractivity (Wildman–Crippen MR) is 158 cm³/mol. The molecule has 6 nitrogen and oxygen atoms in total. The quantitative estimate of drug-likeness (QED) is 0.270. The topological polar surface area (TPSA) is 58.4 Å². The van der Waals surface area contributed by atoms with E-state index >= 15 is 0 Å². The van der Waals surface area contributed by atoms with E-state index in [2.05, 4.69) is 58.1 Å². The summed E-state index contributed by atoms with van der Waals surface area (Å²) in [5.74, 6) is 0.661. The smallest absolute Gasteiger partial charge is 0.228 e. The Balaban J connectivity index is 1.16. The summed E-state index contributed by atoms with van der Waals surface area (Å²) in [4.78, 5) is 35.3. The number of carbonyl (C=O) groups is 2. The van der Waals surface area contributed by atoms with Gasteiger partial charge >= 0.3 is 0 Å². The number of hydrogen-bond donors (Lipinski definition) is 0. The van der Waals surface area contributed by atoms with Crippen LogP contribution in [0.2, 0.25) is 0 Å². The normalized spacial score (nSPS) is 16.8. The number of aryl methyl sites for hydroxylation is 1. The van der Waals surface area contributed by atoms with Gasteiger partial charge in [-0.2, -0.15) is 0 Å². The van der Waals surface area contributed by atoms with Gasteiger partial charge in [0.05, 0.1) is 5.52 Å². The van der Waals surface area contributed by atoms with E-state index in [9.17, 15) is 9.59 Å².